The molecule has 0 radical (unpaired) electrons. The summed E-state index contributed by atoms with van der Waals surface area (Å²) in [7, 11) is 3.52. The van der Waals surface area contributed by atoms with E-state index < -0.39 is 0 Å². The molecular formula is C8H11NOS. The molecule has 1 rings (SSSR count). The first-order chi connectivity index (χ1) is 5.11. The van der Waals surface area contributed by atoms with Gasteiger partial charge in [0.2, 0.25) is 0 Å². The molecule has 2 nitrogen and oxygen atoms in total. The molecule has 11 heavy (non-hydrogen) atoms. The Balaban J connectivity index is 2.85. The van der Waals surface area contributed by atoms with E-state index in [0.717, 1.165) is 4.88 Å². The van der Waals surface area contributed by atoms with E-state index in [1.165, 1.54) is 16.2 Å². The summed E-state index contributed by atoms with van der Waals surface area (Å²) < 4.78 is 0. The van der Waals surface area contributed by atoms with E-state index in [1.54, 1.807) is 19.0 Å². The quantitative estimate of drug-likeness (QED) is 0.627. The van der Waals surface area contributed by atoms with Gasteiger partial charge >= 0.3 is 0 Å². The van der Waals surface area contributed by atoms with Crippen molar-refractivity contribution < 1.29 is 4.79 Å². The highest BCUT2D eigenvalue weighted by Gasteiger charge is 2.08. The van der Waals surface area contributed by atoms with Crippen molar-refractivity contribution in [2.75, 3.05) is 14.1 Å². The lowest BCUT2D eigenvalue weighted by Gasteiger charge is -2.06. The number of carbonyl (C=O) groups is 1. The number of hydrogen-bond donors (Lipinski definition) is 0. The second-order valence-electron chi connectivity index (χ2n) is 2.61. The lowest BCUT2D eigenvalue weighted by Crippen LogP contribution is -2.20. The topological polar surface area (TPSA) is 20.3 Å². The van der Waals surface area contributed by atoms with E-state index in [2.05, 4.69) is 0 Å². The first-order valence-corrected chi connectivity index (χ1v) is 4.21. The second kappa shape index (κ2) is 3.05. The molecule has 0 saturated carbocycles. The van der Waals surface area contributed by atoms with Crippen molar-refractivity contribution in [1.29, 1.82) is 0 Å². The number of nitrogens with zero attached hydrogens (tertiary/aromatic N) is 1. The smallest absolute Gasteiger partial charge is 0.263 e. The summed E-state index contributed by atoms with van der Waals surface area (Å²) in [6.07, 6.45) is 0. The Bertz CT molecular complexity index is 265. The van der Waals surface area contributed by atoms with Crippen molar-refractivity contribution >= 4 is 17.2 Å². The van der Waals surface area contributed by atoms with Gasteiger partial charge in [-0.2, -0.15) is 0 Å². The molecule has 0 spiro atoms. The number of hydrogen-bond acceptors (Lipinski definition) is 2. The fraction of sp³-hybridized carbons (Fsp3) is 0.375. The van der Waals surface area contributed by atoms with E-state index in [1.807, 2.05) is 19.1 Å². The fourth-order valence-electron chi connectivity index (χ4n) is 0.770. The molecule has 0 atom stereocenters. The van der Waals surface area contributed by atoms with Crippen LogP contribution in [0.15, 0.2) is 12.1 Å². The molecule has 0 N–H and O–H groups in total. The molecule has 0 aliphatic rings. The molecule has 1 aromatic rings. The number of carbonyl (C=O) groups excluding carboxylic acids is 1. The molecule has 0 aromatic carbocycles. The Labute approximate surface area is 70.5 Å². The number of thiophene rings is 1. The van der Waals surface area contributed by atoms with Gasteiger partial charge in [-0.25, -0.2) is 0 Å². The van der Waals surface area contributed by atoms with Gasteiger partial charge in [0.25, 0.3) is 5.91 Å². The molecule has 1 heterocycles. The molecule has 1 amide bonds. The van der Waals surface area contributed by atoms with Gasteiger partial charge in [0.1, 0.15) is 0 Å². The van der Waals surface area contributed by atoms with Crippen LogP contribution in [0.25, 0.3) is 0 Å². The second-order valence-corrected chi connectivity index (χ2v) is 3.90. The van der Waals surface area contributed by atoms with E-state index >= 15 is 0 Å². The van der Waals surface area contributed by atoms with Gasteiger partial charge < -0.3 is 4.90 Å². The van der Waals surface area contributed by atoms with Crippen molar-refractivity contribution in [1.82, 2.24) is 4.90 Å². The Morgan fingerprint density at radius 3 is 2.45 bits per heavy atom. The summed E-state index contributed by atoms with van der Waals surface area (Å²) in [5.74, 6) is 0.0862. The zero-order valence-electron chi connectivity index (χ0n) is 6.92. The minimum absolute atomic E-state index is 0.0862. The molecule has 0 aliphatic carbocycles. The number of aryl methyl sites for hydroxylation is 1. The van der Waals surface area contributed by atoms with Crippen molar-refractivity contribution in [3.8, 4) is 0 Å². The molecule has 1 aromatic heterocycles. The maximum absolute atomic E-state index is 11.3. The highest BCUT2D eigenvalue weighted by atomic mass is 32.1. The van der Waals surface area contributed by atoms with Gasteiger partial charge in [-0.05, 0) is 19.1 Å². The Morgan fingerprint density at radius 2 is 2.09 bits per heavy atom. The summed E-state index contributed by atoms with van der Waals surface area (Å²) in [4.78, 5) is 14.9. The van der Waals surface area contributed by atoms with Crippen LogP contribution in [0, 0.1) is 6.92 Å². The molecule has 3 heteroatoms. The SMILES string of the molecule is Cc1ccc(C(=O)N(C)C)s1. The first-order valence-electron chi connectivity index (χ1n) is 3.39. The zero-order chi connectivity index (χ0) is 8.43. The Hall–Kier alpha value is -0.830. The van der Waals surface area contributed by atoms with Crippen LogP contribution in [0.3, 0.4) is 0 Å². The monoisotopic (exact) mass is 169 g/mol. The maximum Gasteiger partial charge on any atom is 0.263 e. The summed E-state index contributed by atoms with van der Waals surface area (Å²) in [5.41, 5.74) is 0. The van der Waals surface area contributed by atoms with Crippen LogP contribution in [0.4, 0.5) is 0 Å². The number of rotatable bonds is 1. The van der Waals surface area contributed by atoms with Crippen molar-refractivity contribution in [3.63, 3.8) is 0 Å². The van der Waals surface area contributed by atoms with Gasteiger partial charge in [-0.1, -0.05) is 0 Å². The van der Waals surface area contributed by atoms with E-state index in [4.69, 9.17) is 0 Å². The standard InChI is InChI=1S/C8H11NOS/c1-6-4-5-7(11-6)8(10)9(2)3/h4-5H,1-3H3. The average molecular weight is 169 g/mol. The normalized spacial score (nSPS) is 9.73. The predicted molar refractivity (Wildman–Crippen MR) is 47.1 cm³/mol. The molecule has 0 aliphatic heterocycles. The summed E-state index contributed by atoms with van der Waals surface area (Å²) in [6, 6.07) is 3.82. The Kier molecular flexibility index (Phi) is 2.29. The third-order valence-electron chi connectivity index (χ3n) is 1.36. The van der Waals surface area contributed by atoms with Crippen LogP contribution in [0.1, 0.15) is 14.5 Å². The Morgan fingerprint density at radius 1 is 1.45 bits per heavy atom. The van der Waals surface area contributed by atoms with Crippen molar-refractivity contribution in [3.05, 3.63) is 21.9 Å². The first kappa shape index (κ1) is 8.27. The summed E-state index contributed by atoms with van der Waals surface area (Å²) in [6.45, 7) is 2.00. The maximum atomic E-state index is 11.3. The molecule has 0 fully saturated rings. The summed E-state index contributed by atoms with van der Waals surface area (Å²) >= 11 is 1.53. The van der Waals surface area contributed by atoms with Crippen LogP contribution in [-0.2, 0) is 0 Å². The minimum Gasteiger partial charge on any atom is -0.344 e. The van der Waals surface area contributed by atoms with Crippen molar-refractivity contribution in [2.45, 2.75) is 6.92 Å². The van der Waals surface area contributed by atoms with Crippen molar-refractivity contribution in [2.24, 2.45) is 0 Å². The van der Waals surface area contributed by atoms with Crippen LogP contribution in [0.5, 0.6) is 0 Å². The minimum atomic E-state index is 0.0862. The fourth-order valence-corrected chi connectivity index (χ4v) is 1.66. The molecule has 0 saturated heterocycles. The van der Waals surface area contributed by atoms with Crippen LogP contribution in [-0.4, -0.2) is 24.9 Å². The molecule has 0 unspecified atom stereocenters. The summed E-state index contributed by atoms with van der Waals surface area (Å²) in [5, 5.41) is 0. The van der Waals surface area contributed by atoms with Crippen LogP contribution >= 0.6 is 11.3 Å². The molecular weight excluding hydrogens is 158 g/mol. The van der Waals surface area contributed by atoms with E-state index in [-0.39, 0.29) is 5.91 Å². The van der Waals surface area contributed by atoms with Gasteiger partial charge in [0.15, 0.2) is 0 Å². The number of amides is 1. The third-order valence-corrected chi connectivity index (χ3v) is 2.35. The third kappa shape index (κ3) is 1.80. The van der Waals surface area contributed by atoms with Gasteiger partial charge in [0, 0.05) is 19.0 Å². The van der Waals surface area contributed by atoms with Gasteiger partial charge in [0.05, 0.1) is 4.88 Å². The van der Waals surface area contributed by atoms with Gasteiger partial charge in [-0.3, -0.25) is 4.79 Å². The zero-order valence-corrected chi connectivity index (χ0v) is 7.73. The van der Waals surface area contributed by atoms with Gasteiger partial charge in [-0.15, -0.1) is 11.3 Å². The largest absolute Gasteiger partial charge is 0.344 e. The lowest BCUT2D eigenvalue weighted by molar-refractivity contribution is 0.0832. The predicted octanol–water partition coefficient (Wildman–Crippen LogP) is 1.76. The highest BCUT2D eigenvalue weighted by Crippen LogP contribution is 2.15. The van der Waals surface area contributed by atoms with Crippen LogP contribution in [0.2, 0.25) is 0 Å². The lowest BCUT2D eigenvalue weighted by atomic mass is 10.4. The van der Waals surface area contributed by atoms with E-state index in [0.29, 0.717) is 0 Å². The average Bonchev–Trinajstić information content (AvgIpc) is 2.34. The van der Waals surface area contributed by atoms with Crippen LogP contribution < -0.4 is 0 Å². The van der Waals surface area contributed by atoms with E-state index in [9.17, 15) is 4.79 Å². The molecule has 60 valence electrons. The highest BCUT2D eigenvalue weighted by molar-refractivity contribution is 7.13. The molecule has 0 bridgehead atoms.